The van der Waals surface area contributed by atoms with Crippen molar-refractivity contribution in [3.8, 4) is 11.1 Å². The van der Waals surface area contributed by atoms with Crippen molar-refractivity contribution in [2.24, 2.45) is 0 Å². The topological polar surface area (TPSA) is 64.6 Å². The lowest BCUT2D eigenvalue weighted by molar-refractivity contribution is -0.134. The number of benzene rings is 3. The van der Waals surface area contributed by atoms with Crippen LogP contribution >= 0.6 is 0 Å². The van der Waals surface area contributed by atoms with Gasteiger partial charge in [-0.2, -0.15) is 0 Å². The zero-order valence-corrected chi connectivity index (χ0v) is 19.1. The molecule has 0 saturated carbocycles. The van der Waals surface area contributed by atoms with Crippen molar-refractivity contribution in [3.05, 3.63) is 107 Å². The Morgan fingerprint density at radius 1 is 0.853 bits per heavy atom. The molecule has 0 bridgehead atoms. The van der Waals surface area contributed by atoms with Crippen LogP contribution in [-0.4, -0.2) is 32.3 Å². The SMILES string of the molecule is COC(=O)/C=C/c1ccc(C=CCCNC(=O)OCC2c3ccccc3-c3ccccc32)cc1. The number of carbonyl (C=O) groups is 2. The molecule has 4 rings (SSSR count). The number of nitrogens with one attached hydrogen (secondary N) is 1. The Kier molecular flexibility index (Phi) is 7.56. The van der Waals surface area contributed by atoms with Gasteiger partial charge < -0.3 is 14.8 Å². The lowest BCUT2D eigenvalue weighted by atomic mass is 9.98. The Labute approximate surface area is 199 Å². The molecule has 0 aliphatic heterocycles. The second kappa shape index (κ2) is 11.1. The van der Waals surface area contributed by atoms with Crippen molar-refractivity contribution < 1.29 is 19.1 Å². The first kappa shape index (κ1) is 23.1. The molecule has 0 spiro atoms. The van der Waals surface area contributed by atoms with Gasteiger partial charge >= 0.3 is 12.1 Å². The van der Waals surface area contributed by atoms with Crippen LogP contribution in [0.1, 0.15) is 34.6 Å². The molecule has 1 amide bonds. The molecular formula is C29H27NO4. The number of esters is 1. The molecule has 0 heterocycles. The number of amides is 1. The maximum atomic E-state index is 12.2. The number of alkyl carbamates (subject to hydrolysis) is 1. The molecule has 0 unspecified atom stereocenters. The maximum Gasteiger partial charge on any atom is 0.407 e. The summed E-state index contributed by atoms with van der Waals surface area (Å²) in [4.78, 5) is 23.4. The van der Waals surface area contributed by atoms with E-state index in [-0.39, 0.29) is 11.9 Å². The van der Waals surface area contributed by atoms with E-state index in [9.17, 15) is 9.59 Å². The van der Waals surface area contributed by atoms with E-state index in [0.29, 0.717) is 19.6 Å². The van der Waals surface area contributed by atoms with E-state index in [1.165, 1.54) is 35.4 Å². The van der Waals surface area contributed by atoms with Crippen LogP contribution in [0.15, 0.2) is 84.9 Å². The number of ether oxygens (including phenoxy) is 2. The first-order chi connectivity index (χ1) is 16.7. The molecule has 1 aliphatic rings. The van der Waals surface area contributed by atoms with Crippen molar-refractivity contribution in [1.82, 2.24) is 5.32 Å². The Hall–Kier alpha value is -4.12. The molecule has 0 fully saturated rings. The highest BCUT2D eigenvalue weighted by molar-refractivity contribution is 5.87. The summed E-state index contributed by atoms with van der Waals surface area (Å²) in [6.07, 6.45) is 7.37. The van der Waals surface area contributed by atoms with E-state index in [4.69, 9.17) is 4.74 Å². The highest BCUT2D eigenvalue weighted by Crippen LogP contribution is 2.44. The fourth-order valence-electron chi connectivity index (χ4n) is 4.08. The third kappa shape index (κ3) is 5.62. The molecule has 5 nitrogen and oxygen atoms in total. The monoisotopic (exact) mass is 453 g/mol. The molecule has 34 heavy (non-hydrogen) atoms. The maximum absolute atomic E-state index is 12.2. The number of carbonyl (C=O) groups excluding carboxylic acids is 2. The van der Waals surface area contributed by atoms with Gasteiger partial charge in [0, 0.05) is 18.5 Å². The van der Waals surface area contributed by atoms with E-state index >= 15 is 0 Å². The van der Waals surface area contributed by atoms with Crippen molar-refractivity contribution in [1.29, 1.82) is 0 Å². The summed E-state index contributed by atoms with van der Waals surface area (Å²) >= 11 is 0. The van der Waals surface area contributed by atoms with Crippen LogP contribution < -0.4 is 5.32 Å². The summed E-state index contributed by atoms with van der Waals surface area (Å²) in [5.41, 5.74) is 6.78. The average molecular weight is 454 g/mol. The predicted molar refractivity (Wildman–Crippen MR) is 134 cm³/mol. The van der Waals surface area contributed by atoms with Crippen molar-refractivity contribution in [2.45, 2.75) is 12.3 Å². The van der Waals surface area contributed by atoms with Gasteiger partial charge in [-0.25, -0.2) is 9.59 Å². The summed E-state index contributed by atoms with van der Waals surface area (Å²) in [5, 5.41) is 2.82. The van der Waals surface area contributed by atoms with Crippen molar-refractivity contribution in [3.63, 3.8) is 0 Å². The molecule has 1 N–H and O–H groups in total. The van der Waals surface area contributed by atoms with E-state index in [2.05, 4.69) is 34.3 Å². The van der Waals surface area contributed by atoms with Gasteiger partial charge in [-0.1, -0.05) is 84.9 Å². The highest BCUT2D eigenvalue weighted by atomic mass is 16.5. The van der Waals surface area contributed by atoms with Crippen LogP contribution in [0.4, 0.5) is 4.79 Å². The largest absolute Gasteiger partial charge is 0.466 e. The van der Waals surface area contributed by atoms with Gasteiger partial charge in [-0.15, -0.1) is 0 Å². The van der Waals surface area contributed by atoms with Crippen molar-refractivity contribution >= 4 is 24.2 Å². The van der Waals surface area contributed by atoms with Crippen LogP contribution in [0.25, 0.3) is 23.3 Å². The molecule has 0 atom stereocenters. The lowest BCUT2D eigenvalue weighted by Crippen LogP contribution is -2.26. The first-order valence-electron chi connectivity index (χ1n) is 11.3. The van der Waals surface area contributed by atoms with Crippen LogP contribution in [0.2, 0.25) is 0 Å². The lowest BCUT2D eigenvalue weighted by Gasteiger charge is -2.14. The standard InChI is InChI=1S/C29H27NO4/c1-33-28(31)18-17-22-15-13-21(14-16-22)8-6-7-19-30-29(32)34-20-27-25-11-4-2-9-23(25)24-10-3-5-12-26(24)27/h2-6,8-18,27H,7,19-20H2,1H3,(H,30,32)/b8-6?,18-17+. The first-order valence-corrected chi connectivity index (χ1v) is 11.3. The molecule has 0 saturated heterocycles. The average Bonchev–Trinajstić information content (AvgIpc) is 3.20. The number of methoxy groups -OCH3 is 1. The zero-order valence-electron chi connectivity index (χ0n) is 19.1. The number of hydrogen-bond acceptors (Lipinski definition) is 4. The summed E-state index contributed by atoms with van der Waals surface area (Å²) in [6.45, 7) is 0.805. The highest BCUT2D eigenvalue weighted by Gasteiger charge is 2.28. The van der Waals surface area contributed by atoms with Gasteiger partial charge in [0.15, 0.2) is 0 Å². The number of fused-ring (bicyclic) bond motifs is 3. The molecule has 3 aromatic carbocycles. The Balaban J connectivity index is 1.21. The Bertz CT molecular complexity index is 1170. The fourth-order valence-corrected chi connectivity index (χ4v) is 4.08. The second-order valence-corrected chi connectivity index (χ2v) is 7.97. The Morgan fingerprint density at radius 3 is 2.06 bits per heavy atom. The molecule has 3 aromatic rings. The predicted octanol–water partition coefficient (Wildman–Crippen LogP) is 5.81. The van der Waals surface area contributed by atoms with Crippen LogP contribution in [0.3, 0.4) is 0 Å². The molecule has 172 valence electrons. The smallest absolute Gasteiger partial charge is 0.407 e. The molecule has 0 aromatic heterocycles. The van der Waals surface area contributed by atoms with Gasteiger partial charge in [-0.3, -0.25) is 0 Å². The fraction of sp³-hybridized carbons (Fsp3) is 0.172. The molecule has 5 heteroatoms. The third-order valence-electron chi connectivity index (χ3n) is 5.78. The van der Waals surface area contributed by atoms with Gasteiger partial charge in [-0.05, 0) is 45.9 Å². The van der Waals surface area contributed by atoms with Crippen LogP contribution in [0.5, 0.6) is 0 Å². The van der Waals surface area contributed by atoms with Crippen LogP contribution in [0, 0.1) is 0 Å². The van der Waals surface area contributed by atoms with E-state index in [0.717, 1.165) is 11.1 Å². The summed E-state index contributed by atoms with van der Waals surface area (Å²) < 4.78 is 10.1. The summed E-state index contributed by atoms with van der Waals surface area (Å²) in [6, 6.07) is 24.3. The van der Waals surface area contributed by atoms with E-state index in [1.54, 1.807) is 6.08 Å². The molecular weight excluding hydrogens is 426 g/mol. The van der Waals surface area contributed by atoms with Gasteiger partial charge in [0.2, 0.25) is 0 Å². The van der Waals surface area contributed by atoms with E-state index in [1.807, 2.05) is 60.7 Å². The van der Waals surface area contributed by atoms with Crippen LogP contribution in [-0.2, 0) is 14.3 Å². The minimum absolute atomic E-state index is 0.0588. The normalized spacial score (nSPS) is 12.5. The third-order valence-corrected chi connectivity index (χ3v) is 5.78. The van der Waals surface area contributed by atoms with Gasteiger partial charge in [0.05, 0.1) is 7.11 Å². The summed E-state index contributed by atoms with van der Waals surface area (Å²) in [7, 11) is 1.35. The minimum Gasteiger partial charge on any atom is -0.466 e. The minimum atomic E-state index is -0.406. The van der Waals surface area contributed by atoms with E-state index < -0.39 is 6.09 Å². The number of hydrogen-bond donors (Lipinski definition) is 1. The quantitative estimate of drug-likeness (QED) is 0.265. The molecule has 1 aliphatic carbocycles. The second-order valence-electron chi connectivity index (χ2n) is 7.97. The van der Waals surface area contributed by atoms with Gasteiger partial charge in [0.25, 0.3) is 0 Å². The Morgan fingerprint density at radius 2 is 1.44 bits per heavy atom. The molecule has 0 radical (unpaired) electrons. The zero-order chi connectivity index (χ0) is 23.8. The van der Waals surface area contributed by atoms with Gasteiger partial charge in [0.1, 0.15) is 6.61 Å². The summed E-state index contributed by atoms with van der Waals surface area (Å²) in [5.74, 6) is -0.323. The number of rotatable bonds is 8. The van der Waals surface area contributed by atoms with Crippen molar-refractivity contribution in [2.75, 3.05) is 20.3 Å².